The summed E-state index contributed by atoms with van der Waals surface area (Å²) in [5.74, 6) is 0.339. The second kappa shape index (κ2) is 6.62. The molecule has 22 heavy (non-hydrogen) atoms. The highest BCUT2D eigenvalue weighted by Gasteiger charge is 2.21. The molecule has 0 bridgehead atoms. The lowest BCUT2D eigenvalue weighted by Crippen LogP contribution is -2.46. The van der Waals surface area contributed by atoms with Gasteiger partial charge in [-0.15, -0.1) is 0 Å². The van der Waals surface area contributed by atoms with Gasteiger partial charge in [0.2, 0.25) is 0 Å². The number of nitrogens with one attached hydrogen (secondary N) is 1. The molecule has 1 aromatic heterocycles. The zero-order chi connectivity index (χ0) is 15.5. The highest BCUT2D eigenvalue weighted by molar-refractivity contribution is 5.74. The molecule has 1 N–H and O–H groups in total. The molecule has 0 aliphatic carbocycles. The number of fused-ring (bicyclic) bond motifs is 1. The van der Waals surface area contributed by atoms with Gasteiger partial charge in [0.1, 0.15) is 11.3 Å². The molecule has 1 fully saturated rings. The maximum atomic E-state index is 13.1. The third kappa shape index (κ3) is 3.75. The van der Waals surface area contributed by atoms with E-state index >= 15 is 0 Å². The number of benzene rings is 1. The smallest absolute Gasteiger partial charge is 0.295 e. The summed E-state index contributed by atoms with van der Waals surface area (Å²) in [6.07, 6.45) is 0.110. The molecular weight excluding hydrogens is 285 g/mol. The Morgan fingerprint density at radius 1 is 1.45 bits per heavy atom. The van der Waals surface area contributed by atoms with E-state index in [0.717, 1.165) is 26.2 Å². The van der Waals surface area contributed by atoms with E-state index in [9.17, 15) is 4.39 Å². The number of hydrogen-bond donors (Lipinski definition) is 1. The molecule has 6 heteroatoms. The number of hydrogen-bond acceptors (Lipinski definition) is 5. The van der Waals surface area contributed by atoms with Crippen LogP contribution in [0.5, 0.6) is 0 Å². The van der Waals surface area contributed by atoms with Crippen molar-refractivity contribution in [2.45, 2.75) is 20.0 Å². The van der Waals surface area contributed by atoms with Crippen molar-refractivity contribution in [2.75, 3.05) is 38.1 Å². The topological polar surface area (TPSA) is 50.5 Å². The zero-order valence-corrected chi connectivity index (χ0v) is 13.0. The minimum atomic E-state index is -0.313. The second-order valence-electron chi connectivity index (χ2n) is 6.16. The Kier molecular flexibility index (Phi) is 4.59. The van der Waals surface area contributed by atoms with Gasteiger partial charge in [0.05, 0.1) is 12.7 Å². The Labute approximate surface area is 129 Å². The molecule has 1 atom stereocenters. The predicted octanol–water partition coefficient (Wildman–Crippen LogP) is 2.74. The molecule has 0 radical (unpaired) electrons. The fraction of sp³-hybridized carbons (Fsp3) is 0.562. The predicted molar refractivity (Wildman–Crippen MR) is 83.5 cm³/mol. The van der Waals surface area contributed by atoms with Crippen LogP contribution in [-0.2, 0) is 4.74 Å². The maximum absolute atomic E-state index is 13.1. The van der Waals surface area contributed by atoms with Gasteiger partial charge in [-0.1, -0.05) is 13.8 Å². The van der Waals surface area contributed by atoms with Gasteiger partial charge in [-0.2, -0.15) is 4.98 Å². The summed E-state index contributed by atoms with van der Waals surface area (Å²) in [5, 5.41) is 3.15. The average molecular weight is 307 g/mol. The molecule has 2 aromatic rings. The fourth-order valence-electron chi connectivity index (χ4n) is 2.76. The van der Waals surface area contributed by atoms with Crippen LogP contribution >= 0.6 is 0 Å². The Morgan fingerprint density at radius 2 is 2.32 bits per heavy atom. The molecule has 120 valence electrons. The zero-order valence-electron chi connectivity index (χ0n) is 13.0. The van der Waals surface area contributed by atoms with Crippen LogP contribution in [0.2, 0.25) is 0 Å². The van der Waals surface area contributed by atoms with Crippen molar-refractivity contribution in [3.63, 3.8) is 0 Å². The van der Waals surface area contributed by atoms with E-state index in [1.54, 1.807) is 6.07 Å². The first kappa shape index (κ1) is 15.2. The largest absolute Gasteiger partial charge is 0.424 e. The quantitative estimate of drug-likeness (QED) is 0.920. The summed E-state index contributed by atoms with van der Waals surface area (Å²) in [6.45, 7) is 8.79. The lowest BCUT2D eigenvalue weighted by Gasteiger charge is -2.33. The van der Waals surface area contributed by atoms with Crippen molar-refractivity contribution < 1.29 is 13.5 Å². The molecule has 5 nitrogen and oxygen atoms in total. The van der Waals surface area contributed by atoms with Crippen molar-refractivity contribution in [3.8, 4) is 0 Å². The van der Waals surface area contributed by atoms with Crippen LogP contribution in [0.25, 0.3) is 11.1 Å². The van der Waals surface area contributed by atoms with Gasteiger partial charge in [0.15, 0.2) is 5.58 Å². The van der Waals surface area contributed by atoms with E-state index in [4.69, 9.17) is 9.15 Å². The monoisotopic (exact) mass is 307 g/mol. The van der Waals surface area contributed by atoms with Gasteiger partial charge < -0.3 is 14.5 Å². The van der Waals surface area contributed by atoms with Crippen molar-refractivity contribution in [1.29, 1.82) is 0 Å². The highest BCUT2D eigenvalue weighted by Crippen LogP contribution is 2.20. The van der Waals surface area contributed by atoms with Crippen LogP contribution in [0.1, 0.15) is 13.8 Å². The Morgan fingerprint density at radius 3 is 3.14 bits per heavy atom. The summed E-state index contributed by atoms with van der Waals surface area (Å²) < 4.78 is 24.5. The van der Waals surface area contributed by atoms with Crippen LogP contribution in [0.3, 0.4) is 0 Å². The van der Waals surface area contributed by atoms with E-state index in [2.05, 4.69) is 29.0 Å². The third-order valence-electron chi connectivity index (χ3n) is 3.68. The second-order valence-corrected chi connectivity index (χ2v) is 6.16. The molecule has 0 spiro atoms. The van der Waals surface area contributed by atoms with Crippen LogP contribution in [0, 0.1) is 11.7 Å². The van der Waals surface area contributed by atoms with E-state index in [-0.39, 0.29) is 11.9 Å². The van der Waals surface area contributed by atoms with Gasteiger partial charge in [-0.25, -0.2) is 4.39 Å². The van der Waals surface area contributed by atoms with Crippen molar-refractivity contribution in [3.05, 3.63) is 24.0 Å². The molecule has 0 saturated carbocycles. The molecule has 1 aliphatic rings. The van der Waals surface area contributed by atoms with Gasteiger partial charge in [0, 0.05) is 32.2 Å². The lowest BCUT2D eigenvalue weighted by molar-refractivity contribution is -0.0246. The number of aromatic nitrogens is 1. The minimum absolute atomic E-state index is 0.110. The van der Waals surface area contributed by atoms with Crippen LogP contribution in [-0.4, -0.2) is 48.8 Å². The van der Waals surface area contributed by atoms with Gasteiger partial charge in [-0.05, 0) is 18.1 Å². The molecule has 2 heterocycles. The Bertz CT molecular complexity index is 629. The number of halogens is 1. The number of morpholine rings is 1. The minimum Gasteiger partial charge on any atom is -0.424 e. The molecule has 1 aliphatic heterocycles. The number of anilines is 1. The molecular formula is C16H22FN3O2. The number of ether oxygens (including phenoxy) is 1. The van der Waals surface area contributed by atoms with Crippen LogP contribution < -0.4 is 5.32 Å². The van der Waals surface area contributed by atoms with Crippen LogP contribution in [0.15, 0.2) is 22.6 Å². The SMILES string of the molecule is CC(C)CN1CCOC(CNc2nc3cc(F)ccc3o2)C1. The summed E-state index contributed by atoms with van der Waals surface area (Å²) in [5.41, 5.74) is 1.10. The maximum Gasteiger partial charge on any atom is 0.295 e. The van der Waals surface area contributed by atoms with E-state index < -0.39 is 0 Å². The number of oxazole rings is 1. The highest BCUT2D eigenvalue weighted by atomic mass is 19.1. The van der Waals surface area contributed by atoms with Gasteiger partial charge >= 0.3 is 0 Å². The normalized spacial score (nSPS) is 19.9. The first-order chi connectivity index (χ1) is 10.6. The van der Waals surface area contributed by atoms with E-state index in [1.807, 2.05) is 0 Å². The summed E-state index contributed by atoms with van der Waals surface area (Å²) in [4.78, 5) is 6.66. The van der Waals surface area contributed by atoms with Crippen molar-refractivity contribution in [1.82, 2.24) is 9.88 Å². The Hall–Kier alpha value is -1.66. The standard InChI is InChI=1S/C16H22FN3O2/c1-11(2)9-20-5-6-21-13(10-20)8-18-16-19-14-7-12(17)3-4-15(14)22-16/h3-4,7,11,13H,5-6,8-10H2,1-2H3,(H,18,19). The molecule has 1 unspecified atom stereocenters. The van der Waals surface area contributed by atoms with Gasteiger partial charge in [-0.3, -0.25) is 4.90 Å². The Balaban J connectivity index is 1.56. The molecule has 1 saturated heterocycles. The number of rotatable bonds is 5. The summed E-state index contributed by atoms with van der Waals surface area (Å²) >= 11 is 0. The summed E-state index contributed by atoms with van der Waals surface area (Å²) in [7, 11) is 0. The molecule has 0 amide bonds. The first-order valence-corrected chi connectivity index (χ1v) is 7.74. The first-order valence-electron chi connectivity index (χ1n) is 7.74. The van der Waals surface area contributed by atoms with E-state index in [0.29, 0.717) is 29.6 Å². The van der Waals surface area contributed by atoms with E-state index in [1.165, 1.54) is 12.1 Å². The van der Waals surface area contributed by atoms with Crippen molar-refractivity contribution >= 4 is 17.1 Å². The lowest BCUT2D eigenvalue weighted by atomic mass is 10.2. The average Bonchev–Trinajstić information content (AvgIpc) is 2.87. The van der Waals surface area contributed by atoms with Crippen LogP contribution in [0.4, 0.5) is 10.4 Å². The van der Waals surface area contributed by atoms with Crippen molar-refractivity contribution in [2.24, 2.45) is 5.92 Å². The summed E-state index contributed by atoms with van der Waals surface area (Å²) in [6, 6.07) is 4.73. The molecule has 1 aromatic carbocycles. The fourth-order valence-corrected chi connectivity index (χ4v) is 2.76. The van der Waals surface area contributed by atoms with Gasteiger partial charge in [0.25, 0.3) is 6.01 Å². The molecule has 3 rings (SSSR count). The number of nitrogens with zero attached hydrogens (tertiary/aromatic N) is 2. The third-order valence-corrected chi connectivity index (χ3v) is 3.68.